The summed E-state index contributed by atoms with van der Waals surface area (Å²) in [4.78, 5) is 10.7. The van der Waals surface area contributed by atoms with Gasteiger partial charge < -0.3 is 15.5 Å². The monoisotopic (exact) mass is 183 g/mol. The summed E-state index contributed by atoms with van der Waals surface area (Å²) in [6.07, 6.45) is 0. The summed E-state index contributed by atoms with van der Waals surface area (Å²) in [5, 5.41) is 20.4. The molecule has 0 aliphatic carbocycles. The maximum absolute atomic E-state index is 10.7. The summed E-state index contributed by atoms with van der Waals surface area (Å²) < 4.78 is 0. The van der Waals surface area contributed by atoms with Gasteiger partial charge in [0, 0.05) is 6.07 Å². The molecule has 1 aromatic rings. The lowest BCUT2D eigenvalue weighted by atomic mass is 10.3. The van der Waals surface area contributed by atoms with Gasteiger partial charge in [0.1, 0.15) is 11.5 Å². The fraction of sp³-hybridized carbons (Fsp3) is 0. The number of phenolic OH excluding ortho intramolecular Hbond substituents is 2. The van der Waals surface area contributed by atoms with E-state index in [2.05, 4.69) is 5.32 Å². The van der Waals surface area contributed by atoms with Crippen LogP contribution < -0.4 is 16.6 Å². The average Bonchev–Trinajstić information content (AvgIpc) is 2.09. The summed E-state index contributed by atoms with van der Waals surface area (Å²) >= 11 is 0. The molecule has 0 aromatic heterocycles. The Hall–Kier alpha value is -1.95. The van der Waals surface area contributed by atoms with Crippen molar-refractivity contribution in [2.75, 3.05) is 5.32 Å². The molecule has 0 saturated heterocycles. The number of nitrogens with one attached hydrogen (secondary N) is 2. The molecule has 0 fully saturated rings. The smallest absolute Gasteiger partial charge is 0.333 e. The molecule has 70 valence electrons. The molecule has 0 atom stereocenters. The SMILES string of the molecule is NNC(=O)Nc1ccc(O)cc1O. The molecule has 0 aliphatic rings. The largest absolute Gasteiger partial charge is 0.508 e. The molecule has 0 radical (unpaired) electrons. The van der Waals surface area contributed by atoms with Crippen molar-refractivity contribution in [3.05, 3.63) is 18.2 Å². The fourth-order valence-corrected chi connectivity index (χ4v) is 0.784. The molecule has 13 heavy (non-hydrogen) atoms. The Balaban J connectivity index is 2.83. The highest BCUT2D eigenvalue weighted by Gasteiger charge is 2.04. The van der Waals surface area contributed by atoms with E-state index in [4.69, 9.17) is 10.9 Å². The predicted octanol–water partition coefficient (Wildman–Crippen LogP) is 0.0930. The number of hydrazine groups is 1. The van der Waals surface area contributed by atoms with Gasteiger partial charge in [0.05, 0.1) is 5.69 Å². The minimum Gasteiger partial charge on any atom is -0.508 e. The number of rotatable bonds is 1. The summed E-state index contributed by atoms with van der Waals surface area (Å²) in [6.45, 7) is 0. The lowest BCUT2D eigenvalue weighted by Gasteiger charge is -2.05. The highest BCUT2D eigenvalue weighted by Crippen LogP contribution is 2.26. The number of carbonyl (C=O) groups is 1. The quantitative estimate of drug-likeness (QED) is 0.140. The zero-order chi connectivity index (χ0) is 9.84. The third kappa shape index (κ3) is 2.24. The molecule has 0 heterocycles. The van der Waals surface area contributed by atoms with Crippen molar-refractivity contribution in [2.45, 2.75) is 0 Å². The summed E-state index contributed by atoms with van der Waals surface area (Å²) in [7, 11) is 0. The van der Waals surface area contributed by atoms with E-state index in [1.165, 1.54) is 12.1 Å². The number of benzene rings is 1. The molecule has 1 rings (SSSR count). The van der Waals surface area contributed by atoms with Crippen LogP contribution in [0.25, 0.3) is 0 Å². The van der Waals surface area contributed by atoms with Crippen molar-refractivity contribution in [3.63, 3.8) is 0 Å². The Kier molecular flexibility index (Phi) is 2.56. The van der Waals surface area contributed by atoms with E-state index in [9.17, 15) is 9.90 Å². The van der Waals surface area contributed by atoms with Gasteiger partial charge in [-0.15, -0.1) is 0 Å². The van der Waals surface area contributed by atoms with E-state index in [1.807, 2.05) is 5.43 Å². The number of nitrogens with two attached hydrogens (primary N) is 1. The van der Waals surface area contributed by atoms with Crippen LogP contribution in [0.5, 0.6) is 11.5 Å². The van der Waals surface area contributed by atoms with E-state index in [0.717, 1.165) is 6.07 Å². The third-order valence-corrected chi connectivity index (χ3v) is 1.36. The first-order valence-electron chi connectivity index (χ1n) is 3.43. The molecular formula is C7H9N3O3. The van der Waals surface area contributed by atoms with Gasteiger partial charge in [-0.1, -0.05) is 0 Å². The van der Waals surface area contributed by atoms with Gasteiger partial charge in [0.25, 0.3) is 0 Å². The van der Waals surface area contributed by atoms with Crippen molar-refractivity contribution in [1.82, 2.24) is 5.43 Å². The van der Waals surface area contributed by atoms with Crippen molar-refractivity contribution >= 4 is 11.7 Å². The molecule has 0 saturated carbocycles. The van der Waals surface area contributed by atoms with Gasteiger partial charge in [0.15, 0.2) is 0 Å². The number of anilines is 1. The summed E-state index contributed by atoms with van der Waals surface area (Å²) in [5.41, 5.74) is 2.00. The molecule has 2 amide bonds. The molecule has 1 aromatic carbocycles. The molecule has 0 bridgehead atoms. The Bertz CT molecular complexity index is 327. The van der Waals surface area contributed by atoms with E-state index < -0.39 is 6.03 Å². The van der Waals surface area contributed by atoms with Crippen molar-refractivity contribution in [2.24, 2.45) is 5.84 Å². The zero-order valence-electron chi connectivity index (χ0n) is 6.61. The Morgan fingerprint density at radius 1 is 1.38 bits per heavy atom. The van der Waals surface area contributed by atoms with Gasteiger partial charge in [0.2, 0.25) is 0 Å². The van der Waals surface area contributed by atoms with E-state index in [-0.39, 0.29) is 17.2 Å². The highest BCUT2D eigenvalue weighted by molar-refractivity contribution is 5.90. The molecule has 6 heteroatoms. The van der Waals surface area contributed by atoms with Crippen LogP contribution in [-0.4, -0.2) is 16.2 Å². The molecule has 0 unspecified atom stereocenters. The first-order valence-corrected chi connectivity index (χ1v) is 3.43. The Labute approximate surface area is 74.0 Å². The van der Waals surface area contributed by atoms with Crippen LogP contribution in [0.2, 0.25) is 0 Å². The number of aromatic hydroxyl groups is 2. The molecule has 0 spiro atoms. The molecular weight excluding hydrogens is 174 g/mol. The maximum atomic E-state index is 10.7. The van der Waals surface area contributed by atoms with E-state index >= 15 is 0 Å². The number of phenols is 2. The zero-order valence-corrected chi connectivity index (χ0v) is 6.61. The number of amides is 2. The minimum absolute atomic E-state index is 0.0868. The minimum atomic E-state index is -0.652. The second-order valence-corrected chi connectivity index (χ2v) is 2.30. The van der Waals surface area contributed by atoms with E-state index in [1.54, 1.807) is 0 Å². The van der Waals surface area contributed by atoms with Gasteiger partial charge >= 0.3 is 6.03 Å². The Morgan fingerprint density at radius 3 is 2.62 bits per heavy atom. The third-order valence-electron chi connectivity index (χ3n) is 1.36. The van der Waals surface area contributed by atoms with Gasteiger partial charge in [-0.3, -0.25) is 5.43 Å². The number of urea groups is 1. The van der Waals surface area contributed by atoms with Gasteiger partial charge in [-0.2, -0.15) is 0 Å². The lowest BCUT2D eigenvalue weighted by Crippen LogP contribution is -2.34. The van der Waals surface area contributed by atoms with Crippen molar-refractivity contribution < 1.29 is 15.0 Å². The van der Waals surface area contributed by atoms with Gasteiger partial charge in [-0.05, 0) is 12.1 Å². The van der Waals surface area contributed by atoms with E-state index in [0.29, 0.717) is 0 Å². The molecule has 6 N–H and O–H groups in total. The number of hydrogen-bond acceptors (Lipinski definition) is 4. The van der Waals surface area contributed by atoms with Crippen LogP contribution in [0, 0.1) is 0 Å². The van der Waals surface area contributed by atoms with Crippen LogP contribution in [0.3, 0.4) is 0 Å². The first kappa shape index (κ1) is 9.14. The average molecular weight is 183 g/mol. The lowest BCUT2D eigenvalue weighted by molar-refractivity contribution is 0.252. The van der Waals surface area contributed by atoms with Crippen LogP contribution in [-0.2, 0) is 0 Å². The number of carbonyl (C=O) groups excluding carboxylic acids is 1. The van der Waals surface area contributed by atoms with Crippen molar-refractivity contribution in [1.29, 1.82) is 0 Å². The normalized spacial score (nSPS) is 9.31. The summed E-state index contributed by atoms with van der Waals surface area (Å²) in [5.74, 6) is 4.49. The second kappa shape index (κ2) is 3.63. The standard InChI is InChI=1S/C7H9N3O3/c8-10-7(13)9-5-2-1-4(11)3-6(5)12/h1-3,11-12H,8H2,(H2,9,10,13). The predicted molar refractivity (Wildman–Crippen MR) is 46.1 cm³/mol. The second-order valence-electron chi connectivity index (χ2n) is 2.30. The molecule has 6 nitrogen and oxygen atoms in total. The highest BCUT2D eigenvalue weighted by atomic mass is 16.3. The van der Waals surface area contributed by atoms with Gasteiger partial charge in [-0.25, -0.2) is 10.6 Å². The van der Waals surface area contributed by atoms with Crippen LogP contribution in [0.4, 0.5) is 10.5 Å². The van der Waals surface area contributed by atoms with Crippen LogP contribution in [0.1, 0.15) is 0 Å². The van der Waals surface area contributed by atoms with Crippen molar-refractivity contribution in [3.8, 4) is 11.5 Å². The first-order chi connectivity index (χ1) is 6.13. The fourth-order valence-electron chi connectivity index (χ4n) is 0.784. The van der Waals surface area contributed by atoms with Crippen LogP contribution in [0.15, 0.2) is 18.2 Å². The summed E-state index contributed by atoms with van der Waals surface area (Å²) in [6, 6.07) is 3.12. The molecule has 0 aliphatic heterocycles. The number of hydrogen-bond donors (Lipinski definition) is 5. The topological polar surface area (TPSA) is 108 Å². The maximum Gasteiger partial charge on any atom is 0.333 e. The van der Waals surface area contributed by atoms with Crippen LogP contribution >= 0.6 is 0 Å². The Morgan fingerprint density at radius 2 is 2.08 bits per heavy atom.